The number of piperidine rings is 1. The lowest BCUT2D eigenvalue weighted by atomic mass is 10.0. The molecule has 1 N–H and O–H groups in total. The number of hydrogen-bond acceptors (Lipinski definition) is 2. The van der Waals surface area contributed by atoms with E-state index >= 15 is 0 Å². The molecule has 17 heavy (non-hydrogen) atoms. The first-order chi connectivity index (χ1) is 8.08. The molecule has 0 aromatic rings. The second-order valence-corrected chi connectivity index (χ2v) is 6.41. The van der Waals surface area contributed by atoms with E-state index in [0.29, 0.717) is 6.04 Å². The molecule has 1 fully saturated rings. The Bertz CT molecular complexity index is 185. The van der Waals surface area contributed by atoms with Gasteiger partial charge in [-0.2, -0.15) is 0 Å². The highest BCUT2D eigenvalue weighted by molar-refractivity contribution is 4.71. The van der Waals surface area contributed by atoms with Crippen LogP contribution in [-0.4, -0.2) is 37.1 Å². The molecule has 0 spiro atoms. The van der Waals surface area contributed by atoms with E-state index in [2.05, 4.69) is 37.9 Å². The van der Waals surface area contributed by atoms with Crippen LogP contribution in [0, 0.1) is 11.8 Å². The third-order valence-corrected chi connectivity index (χ3v) is 3.66. The second kappa shape index (κ2) is 8.10. The summed E-state index contributed by atoms with van der Waals surface area (Å²) in [5.74, 6) is 1.58. The van der Waals surface area contributed by atoms with Gasteiger partial charge in [-0.05, 0) is 57.7 Å². The molecule has 0 aliphatic carbocycles. The number of nitrogens with one attached hydrogen (secondary N) is 1. The highest BCUT2D eigenvalue weighted by Gasteiger charge is 2.14. The molecule has 0 aromatic carbocycles. The van der Waals surface area contributed by atoms with E-state index in [1.807, 2.05) is 0 Å². The van der Waals surface area contributed by atoms with Gasteiger partial charge < -0.3 is 10.2 Å². The smallest absolute Gasteiger partial charge is 0.00412 e. The zero-order valence-electron chi connectivity index (χ0n) is 12.3. The fourth-order valence-corrected chi connectivity index (χ4v) is 2.84. The average molecular weight is 240 g/mol. The molecule has 0 saturated carbocycles. The van der Waals surface area contributed by atoms with Crippen LogP contribution in [0.5, 0.6) is 0 Å². The summed E-state index contributed by atoms with van der Waals surface area (Å²) < 4.78 is 0. The summed E-state index contributed by atoms with van der Waals surface area (Å²) in [5.41, 5.74) is 0. The van der Waals surface area contributed by atoms with Crippen molar-refractivity contribution in [1.29, 1.82) is 0 Å². The topological polar surface area (TPSA) is 15.3 Å². The van der Waals surface area contributed by atoms with E-state index in [0.717, 1.165) is 11.8 Å². The van der Waals surface area contributed by atoms with Gasteiger partial charge in [-0.15, -0.1) is 0 Å². The highest BCUT2D eigenvalue weighted by Crippen LogP contribution is 2.11. The van der Waals surface area contributed by atoms with Gasteiger partial charge >= 0.3 is 0 Å². The molecular formula is C15H32N2. The van der Waals surface area contributed by atoms with E-state index in [-0.39, 0.29) is 0 Å². The van der Waals surface area contributed by atoms with E-state index in [4.69, 9.17) is 0 Å². The van der Waals surface area contributed by atoms with Crippen molar-refractivity contribution in [3.05, 3.63) is 0 Å². The first-order valence-corrected chi connectivity index (χ1v) is 7.53. The average Bonchev–Trinajstić information content (AvgIpc) is 2.27. The summed E-state index contributed by atoms with van der Waals surface area (Å²) in [6.07, 6.45) is 5.54. The predicted octanol–water partition coefficient (Wildman–Crippen LogP) is 3.13. The van der Waals surface area contributed by atoms with Crippen LogP contribution >= 0.6 is 0 Å². The summed E-state index contributed by atoms with van der Waals surface area (Å²) in [6, 6.07) is 0.666. The van der Waals surface area contributed by atoms with Crippen molar-refractivity contribution in [2.24, 2.45) is 11.8 Å². The number of likely N-dealkylation sites (tertiary alicyclic amines) is 1. The molecular weight excluding hydrogens is 208 g/mol. The monoisotopic (exact) mass is 240 g/mol. The summed E-state index contributed by atoms with van der Waals surface area (Å²) in [6.45, 7) is 14.4. The quantitative estimate of drug-likeness (QED) is 0.735. The van der Waals surface area contributed by atoms with Crippen LogP contribution < -0.4 is 5.32 Å². The summed E-state index contributed by atoms with van der Waals surface area (Å²) in [5, 5.41) is 3.68. The lowest BCUT2D eigenvalue weighted by molar-refractivity contribution is 0.197. The normalized spacial score (nSPS) is 21.7. The highest BCUT2D eigenvalue weighted by atomic mass is 15.1. The van der Waals surface area contributed by atoms with Crippen LogP contribution in [0.4, 0.5) is 0 Å². The standard InChI is InChI=1S/C15H32N2/c1-13(2)10-15(4)16-11-14(3)12-17-8-6-5-7-9-17/h13-16H,5-12H2,1-4H3. The lowest BCUT2D eigenvalue weighted by Crippen LogP contribution is -2.38. The van der Waals surface area contributed by atoms with Crippen LogP contribution in [0.3, 0.4) is 0 Å². The molecule has 102 valence electrons. The fraction of sp³-hybridized carbons (Fsp3) is 1.00. The molecule has 2 heteroatoms. The molecule has 0 amide bonds. The zero-order valence-corrected chi connectivity index (χ0v) is 12.3. The summed E-state index contributed by atoms with van der Waals surface area (Å²) in [7, 11) is 0. The molecule has 0 aromatic heterocycles. The lowest BCUT2D eigenvalue weighted by Gasteiger charge is -2.29. The molecule has 1 aliphatic heterocycles. The predicted molar refractivity (Wildman–Crippen MR) is 76.4 cm³/mol. The Morgan fingerprint density at radius 3 is 2.24 bits per heavy atom. The Hall–Kier alpha value is -0.0800. The Balaban J connectivity index is 2.09. The van der Waals surface area contributed by atoms with Crippen molar-refractivity contribution in [2.75, 3.05) is 26.2 Å². The van der Waals surface area contributed by atoms with E-state index in [9.17, 15) is 0 Å². The third-order valence-electron chi connectivity index (χ3n) is 3.66. The van der Waals surface area contributed by atoms with Gasteiger partial charge in [0.25, 0.3) is 0 Å². The van der Waals surface area contributed by atoms with Gasteiger partial charge in [0, 0.05) is 12.6 Å². The van der Waals surface area contributed by atoms with Gasteiger partial charge in [-0.1, -0.05) is 27.2 Å². The second-order valence-electron chi connectivity index (χ2n) is 6.41. The van der Waals surface area contributed by atoms with E-state index in [1.165, 1.54) is 51.9 Å². The number of hydrogen-bond donors (Lipinski definition) is 1. The molecule has 2 atom stereocenters. The Kier molecular flexibility index (Phi) is 7.14. The zero-order chi connectivity index (χ0) is 12.7. The van der Waals surface area contributed by atoms with Crippen LogP contribution in [0.1, 0.15) is 53.4 Å². The first-order valence-electron chi connectivity index (χ1n) is 7.53. The van der Waals surface area contributed by atoms with E-state index < -0.39 is 0 Å². The maximum absolute atomic E-state index is 3.68. The molecule has 1 heterocycles. The summed E-state index contributed by atoms with van der Waals surface area (Å²) >= 11 is 0. The van der Waals surface area contributed by atoms with Gasteiger partial charge in [-0.3, -0.25) is 0 Å². The molecule has 0 bridgehead atoms. The number of rotatable bonds is 7. The number of nitrogens with zero attached hydrogens (tertiary/aromatic N) is 1. The maximum Gasteiger partial charge on any atom is 0.00412 e. The maximum atomic E-state index is 3.68. The van der Waals surface area contributed by atoms with Crippen LogP contribution in [0.2, 0.25) is 0 Å². The minimum Gasteiger partial charge on any atom is -0.314 e. The molecule has 1 aliphatic rings. The van der Waals surface area contributed by atoms with Crippen molar-refractivity contribution >= 4 is 0 Å². The largest absolute Gasteiger partial charge is 0.314 e. The minimum absolute atomic E-state index is 0.666. The van der Waals surface area contributed by atoms with Gasteiger partial charge in [0.2, 0.25) is 0 Å². The van der Waals surface area contributed by atoms with Gasteiger partial charge in [0.05, 0.1) is 0 Å². The molecule has 2 unspecified atom stereocenters. The van der Waals surface area contributed by atoms with Gasteiger partial charge in [0.15, 0.2) is 0 Å². The summed E-state index contributed by atoms with van der Waals surface area (Å²) in [4.78, 5) is 2.64. The fourth-order valence-electron chi connectivity index (χ4n) is 2.84. The SMILES string of the molecule is CC(C)CC(C)NCC(C)CN1CCCCC1. The van der Waals surface area contributed by atoms with Gasteiger partial charge in [-0.25, -0.2) is 0 Å². The van der Waals surface area contributed by atoms with Crippen LogP contribution in [0.25, 0.3) is 0 Å². The van der Waals surface area contributed by atoms with Gasteiger partial charge in [0.1, 0.15) is 0 Å². The third kappa shape index (κ3) is 7.05. The Labute approximate surface area is 108 Å². The minimum atomic E-state index is 0.666. The van der Waals surface area contributed by atoms with Crippen molar-refractivity contribution in [1.82, 2.24) is 10.2 Å². The van der Waals surface area contributed by atoms with E-state index in [1.54, 1.807) is 0 Å². The van der Waals surface area contributed by atoms with Crippen LogP contribution in [0.15, 0.2) is 0 Å². The molecule has 2 nitrogen and oxygen atoms in total. The van der Waals surface area contributed by atoms with Crippen molar-refractivity contribution in [2.45, 2.75) is 59.4 Å². The van der Waals surface area contributed by atoms with Crippen LogP contribution in [-0.2, 0) is 0 Å². The first kappa shape index (κ1) is 15.0. The Morgan fingerprint density at radius 1 is 1.00 bits per heavy atom. The Morgan fingerprint density at radius 2 is 1.65 bits per heavy atom. The molecule has 0 radical (unpaired) electrons. The van der Waals surface area contributed by atoms with Crippen molar-refractivity contribution in [3.8, 4) is 0 Å². The molecule has 1 rings (SSSR count). The van der Waals surface area contributed by atoms with Crippen molar-refractivity contribution < 1.29 is 0 Å². The van der Waals surface area contributed by atoms with Crippen molar-refractivity contribution in [3.63, 3.8) is 0 Å². The molecule has 1 saturated heterocycles.